The lowest BCUT2D eigenvalue weighted by atomic mass is 10.0. The molecule has 1 saturated carbocycles. The van der Waals surface area contributed by atoms with Gasteiger partial charge in [-0.1, -0.05) is 12.1 Å². The number of nitrogens with zero attached hydrogens (tertiary/aromatic N) is 3. The average Bonchev–Trinajstić information content (AvgIpc) is 3.64. The predicted molar refractivity (Wildman–Crippen MR) is 141 cm³/mol. The maximum absolute atomic E-state index is 13.5. The first kappa shape index (κ1) is 26.9. The van der Waals surface area contributed by atoms with Crippen LogP contribution in [0.5, 0.6) is 5.75 Å². The minimum atomic E-state index is -0.457. The summed E-state index contributed by atoms with van der Waals surface area (Å²) in [5.74, 6) is 1.81. The number of ether oxygens (including phenoxy) is 2. The third-order valence-corrected chi connectivity index (χ3v) is 7.29. The number of benzene rings is 1. The first-order valence-corrected chi connectivity index (χ1v) is 13.0. The van der Waals surface area contributed by atoms with Gasteiger partial charge in [0.05, 0.1) is 11.7 Å². The topological polar surface area (TPSA) is 109 Å². The van der Waals surface area contributed by atoms with E-state index in [4.69, 9.17) is 14.0 Å². The average molecular weight is 514 g/mol. The summed E-state index contributed by atoms with van der Waals surface area (Å²) in [7, 11) is 3.47. The SMILES string of the molecule is CO[C@@H]1CN(C)C(=O)c2cc(NC(=O)Nc3c(C)noc3C)ccc2OC[C@H](C)N(CC2CC2)C[C@H]1C. The molecule has 2 aliphatic rings. The Hall–Kier alpha value is -3.11. The van der Waals surface area contributed by atoms with Crippen LogP contribution in [0.1, 0.15) is 48.5 Å². The third kappa shape index (κ3) is 6.61. The van der Waals surface area contributed by atoms with Crippen molar-refractivity contribution < 1.29 is 23.6 Å². The zero-order valence-electron chi connectivity index (χ0n) is 22.7. The Morgan fingerprint density at radius 1 is 1.19 bits per heavy atom. The molecular formula is C27H39N5O5. The van der Waals surface area contributed by atoms with E-state index in [9.17, 15) is 9.59 Å². The van der Waals surface area contributed by atoms with Gasteiger partial charge in [0.1, 0.15) is 23.7 Å². The van der Waals surface area contributed by atoms with Crippen LogP contribution in [0.4, 0.5) is 16.2 Å². The molecule has 0 saturated heterocycles. The van der Waals surface area contributed by atoms with E-state index in [1.807, 2.05) is 0 Å². The van der Waals surface area contributed by atoms with Crippen molar-refractivity contribution in [3.8, 4) is 5.75 Å². The van der Waals surface area contributed by atoms with E-state index in [1.54, 1.807) is 51.1 Å². The van der Waals surface area contributed by atoms with Gasteiger partial charge in [-0.3, -0.25) is 9.69 Å². The Balaban J connectivity index is 1.57. The summed E-state index contributed by atoms with van der Waals surface area (Å²) in [5.41, 5.74) is 1.97. The van der Waals surface area contributed by atoms with Gasteiger partial charge in [-0.25, -0.2) is 4.79 Å². The first-order chi connectivity index (χ1) is 17.7. The molecule has 10 heteroatoms. The molecule has 37 heavy (non-hydrogen) atoms. The molecular weight excluding hydrogens is 474 g/mol. The number of anilines is 2. The number of fused-ring (bicyclic) bond motifs is 1. The minimum Gasteiger partial charge on any atom is -0.491 e. The molecule has 4 rings (SSSR count). The maximum Gasteiger partial charge on any atom is 0.323 e. The normalized spacial score (nSPS) is 23.5. The lowest BCUT2D eigenvalue weighted by Gasteiger charge is -2.36. The number of carbonyl (C=O) groups is 2. The van der Waals surface area contributed by atoms with Crippen LogP contribution in [0.15, 0.2) is 22.7 Å². The molecule has 1 fully saturated rings. The monoisotopic (exact) mass is 513 g/mol. The van der Waals surface area contributed by atoms with Gasteiger partial charge in [0.2, 0.25) is 0 Å². The molecule has 2 aromatic rings. The second kappa shape index (κ2) is 11.5. The highest BCUT2D eigenvalue weighted by molar-refractivity contribution is 6.02. The number of urea groups is 1. The number of methoxy groups -OCH3 is 1. The van der Waals surface area contributed by atoms with E-state index >= 15 is 0 Å². The minimum absolute atomic E-state index is 0.103. The number of hydrogen-bond donors (Lipinski definition) is 2. The van der Waals surface area contributed by atoms with E-state index in [-0.39, 0.29) is 24.0 Å². The Morgan fingerprint density at radius 3 is 2.59 bits per heavy atom. The second-order valence-electron chi connectivity index (χ2n) is 10.5. The van der Waals surface area contributed by atoms with E-state index in [2.05, 4.69) is 34.5 Å². The van der Waals surface area contributed by atoms with Gasteiger partial charge in [-0.2, -0.15) is 0 Å². The number of aromatic nitrogens is 1. The van der Waals surface area contributed by atoms with Gasteiger partial charge < -0.3 is 29.5 Å². The van der Waals surface area contributed by atoms with Gasteiger partial charge >= 0.3 is 6.03 Å². The zero-order valence-corrected chi connectivity index (χ0v) is 22.7. The Morgan fingerprint density at radius 2 is 1.95 bits per heavy atom. The molecule has 0 bridgehead atoms. The molecule has 1 aliphatic heterocycles. The molecule has 0 unspecified atom stereocenters. The van der Waals surface area contributed by atoms with Crippen molar-refractivity contribution in [3.63, 3.8) is 0 Å². The van der Waals surface area contributed by atoms with Gasteiger partial charge in [-0.05, 0) is 63.6 Å². The molecule has 2 heterocycles. The molecule has 3 atom stereocenters. The molecule has 3 amide bonds. The van der Waals surface area contributed by atoms with Gasteiger partial charge in [0.15, 0.2) is 5.76 Å². The fourth-order valence-corrected chi connectivity index (χ4v) is 4.75. The molecule has 1 aliphatic carbocycles. The van der Waals surface area contributed by atoms with Crippen LogP contribution in [0.2, 0.25) is 0 Å². The summed E-state index contributed by atoms with van der Waals surface area (Å²) in [6, 6.07) is 4.86. The number of aryl methyl sites for hydroxylation is 2. The largest absolute Gasteiger partial charge is 0.491 e. The molecule has 0 spiro atoms. The number of carbonyl (C=O) groups excluding carboxylic acids is 2. The van der Waals surface area contributed by atoms with E-state index < -0.39 is 6.03 Å². The van der Waals surface area contributed by atoms with E-state index in [0.29, 0.717) is 47.3 Å². The van der Waals surface area contributed by atoms with Crippen molar-refractivity contribution in [1.82, 2.24) is 15.0 Å². The smallest absolute Gasteiger partial charge is 0.323 e. The van der Waals surface area contributed by atoms with E-state index in [1.165, 1.54) is 12.8 Å². The number of hydrogen-bond acceptors (Lipinski definition) is 7. The number of amides is 3. The van der Waals surface area contributed by atoms with Gasteiger partial charge in [0.25, 0.3) is 5.91 Å². The van der Waals surface area contributed by atoms with Crippen LogP contribution >= 0.6 is 0 Å². The molecule has 0 radical (unpaired) electrons. The summed E-state index contributed by atoms with van der Waals surface area (Å²) in [6.45, 7) is 10.7. The van der Waals surface area contributed by atoms with Gasteiger partial charge in [0, 0.05) is 45.5 Å². The second-order valence-corrected chi connectivity index (χ2v) is 10.5. The summed E-state index contributed by atoms with van der Waals surface area (Å²) >= 11 is 0. The van der Waals surface area contributed by atoms with Crippen LogP contribution in [0, 0.1) is 25.7 Å². The van der Waals surface area contributed by atoms with Crippen molar-refractivity contribution >= 4 is 23.3 Å². The van der Waals surface area contributed by atoms with Crippen LogP contribution in [-0.4, -0.2) is 79.4 Å². The summed E-state index contributed by atoms with van der Waals surface area (Å²) in [4.78, 5) is 30.3. The standard InChI is InChI=1S/C27H39N5O5/c1-16-12-32(13-20-7-8-20)17(2)15-36-23-10-9-21(11-22(23)26(33)31(5)14-24(16)35-6)28-27(34)29-25-18(3)30-37-19(25)4/h9-11,16-17,20,24H,7-8,12-15H2,1-6H3,(H2,28,29,34)/t16-,17+,24-/m1/s1. The molecule has 2 N–H and O–H groups in total. The zero-order chi connectivity index (χ0) is 26.7. The predicted octanol–water partition coefficient (Wildman–Crippen LogP) is 4.15. The first-order valence-electron chi connectivity index (χ1n) is 13.0. The van der Waals surface area contributed by atoms with Crippen LogP contribution in [0.3, 0.4) is 0 Å². The summed E-state index contributed by atoms with van der Waals surface area (Å²) in [6.07, 6.45) is 2.46. The molecule has 10 nitrogen and oxygen atoms in total. The highest BCUT2D eigenvalue weighted by Crippen LogP contribution is 2.32. The summed E-state index contributed by atoms with van der Waals surface area (Å²) < 4.78 is 17.2. The van der Waals surface area contributed by atoms with Crippen molar-refractivity contribution in [2.45, 2.75) is 52.7 Å². The fourth-order valence-electron chi connectivity index (χ4n) is 4.75. The molecule has 1 aromatic carbocycles. The van der Waals surface area contributed by atoms with Crippen molar-refractivity contribution in [1.29, 1.82) is 0 Å². The molecule has 1 aromatic heterocycles. The molecule has 202 valence electrons. The van der Waals surface area contributed by atoms with Crippen molar-refractivity contribution in [2.75, 3.05) is 51.0 Å². The van der Waals surface area contributed by atoms with Crippen LogP contribution in [-0.2, 0) is 4.74 Å². The third-order valence-electron chi connectivity index (χ3n) is 7.29. The highest BCUT2D eigenvalue weighted by Gasteiger charge is 2.31. The number of likely N-dealkylation sites (N-methyl/N-ethyl adjacent to an activating group) is 1. The number of rotatable bonds is 5. The lowest BCUT2D eigenvalue weighted by molar-refractivity contribution is 0.00994. The Bertz CT molecular complexity index is 1100. The quantitative estimate of drug-likeness (QED) is 0.618. The lowest BCUT2D eigenvalue weighted by Crippen LogP contribution is -2.47. The fraction of sp³-hybridized carbons (Fsp3) is 0.593. The maximum atomic E-state index is 13.5. The Labute approximate surface area is 218 Å². The number of nitrogens with one attached hydrogen (secondary N) is 2. The van der Waals surface area contributed by atoms with Crippen LogP contribution in [0.25, 0.3) is 0 Å². The van der Waals surface area contributed by atoms with E-state index in [0.717, 1.165) is 19.0 Å². The van der Waals surface area contributed by atoms with Crippen LogP contribution < -0.4 is 15.4 Å². The van der Waals surface area contributed by atoms with Crippen molar-refractivity contribution in [3.05, 3.63) is 35.2 Å². The summed E-state index contributed by atoms with van der Waals surface area (Å²) in [5, 5.41) is 9.41. The van der Waals surface area contributed by atoms with Gasteiger partial charge in [-0.15, -0.1) is 0 Å². The Kier molecular flexibility index (Phi) is 8.39. The van der Waals surface area contributed by atoms with Crippen molar-refractivity contribution in [2.24, 2.45) is 11.8 Å². The highest BCUT2D eigenvalue weighted by atomic mass is 16.5.